The molecule has 1 aromatic heterocycles. The van der Waals surface area contributed by atoms with Gasteiger partial charge in [0.25, 0.3) is 11.7 Å². The monoisotopic (exact) mass is 972 g/mol. The maximum Gasteiger partial charge on any atom is 0.329 e. The second-order valence-corrected chi connectivity index (χ2v) is 19.8. The number of ether oxygens (including phenoxy) is 5. The van der Waals surface area contributed by atoms with Gasteiger partial charge in [-0.3, -0.25) is 14.4 Å². The Morgan fingerprint density at radius 3 is 2.48 bits per heavy atom. The highest BCUT2D eigenvalue weighted by Crippen LogP contribution is 2.39. The first-order valence-corrected chi connectivity index (χ1v) is 24.4. The van der Waals surface area contributed by atoms with E-state index in [0.29, 0.717) is 56.1 Å². The number of carbonyl (C=O) groups is 4. The molecule has 2 bridgehead atoms. The van der Waals surface area contributed by atoms with Crippen molar-refractivity contribution in [3.63, 3.8) is 0 Å². The smallest absolute Gasteiger partial charge is 0.329 e. The Morgan fingerprint density at radius 2 is 1.78 bits per heavy atom. The molecule has 2 N–H and O–H groups in total. The minimum atomic E-state index is -3.08. The van der Waals surface area contributed by atoms with E-state index in [0.717, 1.165) is 4.90 Å². The molecule has 0 spiro atoms. The van der Waals surface area contributed by atoms with Crippen molar-refractivity contribution in [3.8, 4) is 0 Å². The van der Waals surface area contributed by atoms with E-state index < -0.39 is 117 Å². The number of cyclic esters (lactones) is 1. The lowest BCUT2D eigenvalue weighted by Gasteiger charge is -2.42. The first-order valence-electron chi connectivity index (χ1n) is 28.4. The fourth-order valence-electron chi connectivity index (χ4n) is 10.2. The number of aliphatic hydroxyl groups is 2. The molecule has 0 aromatic carbocycles. The van der Waals surface area contributed by atoms with Crippen molar-refractivity contribution in [2.75, 3.05) is 27.8 Å². The number of carbonyl (C=O) groups excluding carboxylic acids is 4. The van der Waals surface area contributed by atoms with Crippen molar-refractivity contribution >= 4 is 23.4 Å². The summed E-state index contributed by atoms with van der Waals surface area (Å²) in [7, 11) is 0.0680. The summed E-state index contributed by atoms with van der Waals surface area (Å²) in [6, 6.07) is -1.58. The van der Waals surface area contributed by atoms with Crippen molar-refractivity contribution in [2.45, 2.75) is 180 Å². The molecule has 4 heterocycles. The van der Waals surface area contributed by atoms with Crippen molar-refractivity contribution in [3.05, 3.63) is 66.1 Å². The SMILES string of the molecule is [2H]C([2H])([2H])O[C@H]1C[C@@H]2CC([2H])([2H])[C@@H](C)[C@@](O)(O2)C(=O)C(=O)N2CCCC[C@H]2C(=O)O[C@H]([C@H](C)C[C@@H]2CC[C@H](n3cnnn3)[C@H](OC)C2)CC(=O)[C@H](C([2H])([2H])[2H])/C=C(\C)[C@@H](O)[C@@H](OC)C(=C)[C@H](C)C[C@H](C)/C=C/C=C/C=C/1C. The van der Waals surface area contributed by atoms with E-state index in [1.807, 2.05) is 19.9 Å². The van der Waals surface area contributed by atoms with Gasteiger partial charge in [0.15, 0.2) is 0 Å². The highest BCUT2D eigenvalue weighted by atomic mass is 16.6. The lowest BCUT2D eigenvalue weighted by Crippen LogP contribution is -2.61. The molecule has 15 atom stereocenters. The molecule has 2 saturated heterocycles. The zero-order valence-electron chi connectivity index (χ0n) is 49.6. The van der Waals surface area contributed by atoms with Gasteiger partial charge in [0.2, 0.25) is 5.79 Å². The number of aromatic nitrogens is 4. The Bertz CT molecular complexity index is 2330. The lowest BCUT2D eigenvalue weighted by molar-refractivity contribution is -0.265. The van der Waals surface area contributed by atoms with E-state index in [2.05, 4.69) is 22.1 Å². The number of fused-ring (bicyclic) bond motifs is 3. The van der Waals surface area contributed by atoms with Gasteiger partial charge < -0.3 is 38.8 Å². The van der Waals surface area contributed by atoms with Crippen molar-refractivity contribution < 1.29 is 64.0 Å². The topological polar surface area (TPSA) is 202 Å². The summed E-state index contributed by atoms with van der Waals surface area (Å²) in [4.78, 5) is 59.3. The van der Waals surface area contributed by atoms with Crippen LogP contribution >= 0.6 is 0 Å². The molecule has 0 unspecified atom stereocenters. The highest BCUT2D eigenvalue weighted by molar-refractivity contribution is 6.39. The van der Waals surface area contributed by atoms with Crippen LogP contribution in [0.25, 0.3) is 0 Å². The number of methoxy groups -OCH3 is 3. The van der Waals surface area contributed by atoms with Gasteiger partial charge in [-0.15, -0.1) is 5.10 Å². The van der Waals surface area contributed by atoms with Gasteiger partial charge in [-0.2, -0.15) is 0 Å². The molecule has 3 fully saturated rings. The molecule has 5 rings (SSSR count). The maximum atomic E-state index is 14.7. The number of hydrogen-bond acceptors (Lipinski definition) is 14. The first-order chi connectivity index (χ1) is 35.9. The average molecular weight is 972 g/mol. The quantitative estimate of drug-likeness (QED) is 0.160. The molecule has 384 valence electrons. The Balaban J connectivity index is 1.57. The minimum absolute atomic E-state index is 0.00701. The zero-order chi connectivity index (χ0) is 57.4. The predicted octanol–water partition coefficient (Wildman–Crippen LogP) is 7.03. The number of esters is 1. The zero-order valence-corrected chi connectivity index (χ0v) is 41.6. The second-order valence-electron chi connectivity index (χ2n) is 19.8. The number of ketones is 2. The van der Waals surface area contributed by atoms with Crippen LogP contribution in [0.1, 0.15) is 142 Å². The molecule has 16 nitrogen and oxygen atoms in total. The molecule has 0 radical (unpaired) electrons. The number of rotatable bonds is 7. The fraction of sp³-hybridized carbons (Fsp3) is 0.717. The van der Waals surface area contributed by atoms with Crippen LogP contribution in [-0.4, -0.2) is 135 Å². The molecule has 1 aliphatic carbocycles. The van der Waals surface area contributed by atoms with E-state index in [4.69, 9.17) is 34.7 Å². The molecule has 1 saturated carbocycles. The molecule has 1 aromatic rings. The van der Waals surface area contributed by atoms with Crippen LogP contribution in [0.4, 0.5) is 0 Å². The third kappa shape index (κ3) is 14.2. The summed E-state index contributed by atoms with van der Waals surface area (Å²) in [5.74, 6) is -12.0. The van der Waals surface area contributed by atoms with Crippen molar-refractivity contribution in [2.24, 2.45) is 35.5 Å². The summed E-state index contributed by atoms with van der Waals surface area (Å²) < 4.78 is 98.4. The van der Waals surface area contributed by atoms with Crippen LogP contribution in [0.2, 0.25) is 0 Å². The minimum Gasteiger partial charge on any atom is -0.460 e. The second kappa shape index (κ2) is 25.8. The largest absolute Gasteiger partial charge is 0.460 e. The normalized spacial score (nSPS) is 41.6. The van der Waals surface area contributed by atoms with Gasteiger partial charge in [-0.05, 0) is 129 Å². The Labute approximate surface area is 421 Å². The summed E-state index contributed by atoms with van der Waals surface area (Å²) in [6.45, 7) is 11.2. The fourth-order valence-corrected chi connectivity index (χ4v) is 10.2. The Kier molecular flexibility index (Phi) is 16.7. The predicted molar refractivity (Wildman–Crippen MR) is 260 cm³/mol. The molecule has 16 heteroatoms. The van der Waals surface area contributed by atoms with Crippen LogP contribution < -0.4 is 0 Å². The van der Waals surface area contributed by atoms with Gasteiger partial charge in [0, 0.05) is 59.3 Å². The van der Waals surface area contributed by atoms with Gasteiger partial charge in [-0.25, -0.2) is 9.48 Å². The maximum absolute atomic E-state index is 14.7. The van der Waals surface area contributed by atoms with Crippen LogP contribution in [0, 0.1) is 35.5 Å². The van der Waals surface area contributed by atoms with Crippen LogP contribution in [0.3, 0.4) is 0 Å². The van der Waals surface area contributed by atoms with E-state index in [1.54, 1.807) is 49.9 Å². The van der Waals surface area contributed by atoms with Crippen LogP contribution in [-0.2, 0) is 42.9 Å². The third-order valence-electron chi connectivity index (χ3n) is 14.7. The van der Waals surface area contributed by atoms with Crippen LogP contribution in [0.15, 0.2) is 66.1 Å². The number of nitrogens with zero attached hydrogens (tertiary/aromatic N) is 5. The summed E-state index contributed by atoms with van der Waals surface area (Å²) in [6.07, 6.45) is 4.84. The summed E-state index contributed by atoms with van der Waals surface area (Å²) in [5, 5.41) is 35.5. The molecule has 69 heavy (non-hydrogen) atoms. The van der Waals surface area contributed by atoms with Crippen molar-refractivity contribution in [1.82, 2.24) is 25.1 Å². The molecule has 3 aliphatic heterocycles. The average Bonchev–Trinajstić information content (AvgIpc) is 3.90. The number of hydrogen-bond donors (Lipinski definition) is 2. The van der Waals surface area contributed by atoms with Gasteiger partial charge in [0.1, 0.15) is 36.5 Å². The van der Waals surface area contributed by atoms with Gasteiger partial charge >= 0.3 is 5.97 Å². The number of tetrazole rings is 1. The Hall–Kier alpha value is -4.19. The summed E-state index contributed by atoms with van der Waals surface area (Å²) >= 11 is 0. The number of Topliss-reactive ketones (excluding diaryl/α,β-unsaturated/α-hetero) is 2. The standard InChI is InChI=1S/C53H81N5O11/c1-32-17-13-12-14-18-33(2)45(65-9)29-41-22-20-38(7)53(64,69-41)50(61)51(62)57-24-16-15-19-43(57)52(63)68-46(36(5)27-40-21-23-42(47(28-40)66-10)58-31-54-55-56-58)30-44(59)35(4)26-37(6)48(60)49(67-11)39(8)34(3)25-32/h12-14,17-18,26,31-32,34-36,38,40-43,45-49,60,64H,8,15-16,19-25,27-30H2,1-7,9-11H3/b14-12+,17-13+,33-18+,37-26+/t32-,34-,35-,36-,38-,40+,41+,42+,43+,45+,46+,47-,48-,49+,53-/m1/s1/i4D3,9D3,20D2. The summed E-state index contributed by atoms with van der Waals surface area (Å²) in [5.41, 5.74) is 1.07. The third-order valence-corrected chi connectivity index (χ3v) is 14.7. The molecule has 1 amide bonds. The first kappa shape index (κ1) is 44.7. The molecule has 4 aliphatic rings. The van der Waals surface area contributed by atoms with E-state index in [9.17, 15) is 29.4 Å². The van der Waals surface area contributed by atoms with E-state index >= 15 is 0 Å². The number of allylic oxidation sites excluding steroid dienone is 6. The number of aliphatic hydroxyl groups excluding tert-OH is 1. The molecular formula is C53H81N5O11. The lowest BCUT2D eigenvalue weighted by atomic mass is 9.77. The van der Waals surface area contributed by atoms with E-state index in [1.165, 1.54) is 33.4 Å². The Morgan fingerprint density at radius 1 is 1.00 bits per heavy atom. The number of amides is 1. The van der Waals surface area contributed by atoms with E-state index in [-0.39, 0.29) is 54.9 Å². The number of piperidine rings is 1. The van der Waals surface area contributed by atoms with Crippen LogP contribution in [0.5, 0.6) is 0 Å². The van der Waals surface area contributed by atoms with Gasteiger partial charge in [-0.1, -0.05) is 77.6 Å². The van der Waals surface area contributed by atoms with Gasteiger partial charge in [0.05, 0.1) is 28.5 Å². The highest BCUT2D eigenvalue weighted by Gasteiger charge is 2.53. The van der Waals surface area contributed by atoms with Crippen molar-refractivity contribution in [1.29, 1.82) is 0 Å². The molecular weight excluding hydrogens is 883 g/mol.